The standard InChI is InChI=1S/C20H26N4O2/c1-3-23(4-2)19(25)15-9-11-24(12-10-15)20(26)18-8-6-5-7-17(18)16-13-21-22-14-16/h5-8,13-15H,3-4,9-12H2,1-2H3,(H,21,22). The third-order valence-corrected chi connectivity index (χ3v) is 5.17. The topological polar surface area (TPSA) is 69.3 Å². The summed E-state index contributed by atoms with van der Waals surface area (Å²) in [6, 6.07) is 7.61. The fraction of sp³-hybridized carbons (Fsp3) is 0.450. The van der Waals surface area contributed by atoms with Gasteiger partial charge in [0.1, 0.15) is 0 Å². The van der Waals surface area contributed by atoms with Crippen molar-refractivity contribution in [2.24, 2.45) is 5.92 Å². The summed E-state index contributed by atoms with van der Waals surface area (Å²) in [5, 5.41) is 6.78. The average molecular weight is 354 g/mol. The number of aromatic amines is 1. The lowest BCUT2D eigenvalue weighted by molar-refractivity contribution is -0.136. The van der Waals surface area contributed by atoms with Gasteiger partial charge in [0.05, 0.1) is 6.20 Å². The van der Waals surface area contributed by atoms with Gasteiger partial charge in [0, 0.05) is 49.4 Å². The number of carbonyl (C=O) groups excluding carboxylic acids is 2. The lowest BCUT2D eigenvalue weighted by Gasteiger charge is -2.34. The van der Waals surface area contributed by atoms with E-state index in [0.717, 1.165) is 37.1 Å². The second-order valence-electron chi connectivity index (χ2n) is 6.61. The van der Waals surface area contributed by atoms with Crippen molar-refractivity contribution in [1.29, 1.82) is 0 Å². The van der Waals surface area contributed by atoms with Crippen LogP contribution in [0.3, 0.4) is 0 Å². The van der Waals surface area contributed by atoms with Gasteiger partial charge >= 0.3 is 0 Å². The number of hydrogen-bond acceptors (Lipinski definition) is 3. The van der Waals surface area contributed by atoms with E-state index in [1.165, 1.54) is 0 Å². The second kappa shape index (κ2) is 8.17. The van der Waals surface area contributed by atoms with Crippen molar-refractivity contribution in [3.8, 4) is 11.1 Å². The molecule has 0 bridgehead atoms. The second-order valence-corrected chi connectivity index (χ2v) is 6.61. The third-order valence-electron chi connectivity index (χ3n) is 5.17. The smallest absolute Gasteiger partial charge is 0.254 e. The predicted octanol–water partition coefficient (Wildman–Crippen LogP) is 2.80. The molecule has 26 heavy (non-hydrogen) atoms. The van der Waals surface area contributed by atoms with Crippen LogP contribution in [-0.2, 0) is 4.79 Å². The van der Waals surface area contributed by atoms with Crippen LogP contribution >= 0.6 is 0 Å². The molecule has 0 saturated carbocycles. The van der Waals surface area contributed by atoms with E-state index in [2.05, 4.69) is 10.2 Å². The molecule has 1 aromatic heterocycles. The molecule has 0 atom stereocenters. The monoisotopic (exact) mass is 354 g/mol. The molecule has 0 radical (unpaired) electrons. The summed E-state index contributed by atoms with van der Waals surface area (Å²) in [7, 11) is 0. The molecule has 1 aliphatic rings. The van der Waals surface area contributed by atoms with Gasteiger partial charge in [-0.2, -0.15) is 5.10 Å². The van der Waals surface area contributed by atoms with E-state index in [-0.39, 0.29) is 17.7 Å². The summed E-state index contributed by atoms with van der Waals surface area (Å²) >= 11 is 0. The number of carbonyl (C=O) groups is 2. The molecular formula is C20H26N4O2. The Morgan fingerprint density at radius 1 is 1.19 bits per heavy atom. The first-order valence-electron chi connectivity index (χ1n) is 9.31. The molecule has 1 saturated heterocycles. The molecule has 2 aromatic rings. The predicted molar refractivity (Wildman–Crippen MR) is 101 cm³/mol. The summed E-state index contributed by atoms with van der Waals surface area (Å²) in [6.07, 6.45) is 4.98. The van der Waals surface area contributed by atoms with Gasteiger partial charge < -0.3 is 9.80 Å². The molecule has 2 amide bonds. The van der Waals surface area contributed by atoms with Crippen molar-refractivity contribution < 1.29 is 9.59 Å². The first kappa shape index (κ1) is 18.2. The Kier molecular flexibility index (Phi) is 5.71. The molecule has 2 heterocycles. The molecule has 1 aliphatic heterocycles. The Morgan fingerprint density at radius 3 is 2.50 bits per heavy atom. The van der Waals surface area contributed by atoms with Gasteiger partial charge in [-0.15, -0.1) is 0 Å². The highest BCUT2D eigenvalue weighted by molar-refractivity contribution is 6.00. The van der Waals surface area contributed by atoms with Crippen LogP contribution in [0, 0.1) is 5.92 Å². The van der Waals surface area contributed by atoms with Gasteiger partial charge in [0.15, 0.2) is 0 Å². The zero-order valence-electron chi connectivity index (χ0n) is 15.4. The Bertz CT molecular complexity index is 745. The van der Waals surface area contributed by atoms with Crippen LogP contribution in [0.15, 0.2) is 36.7 Å². The highest BCUT2D eigenvalue weighted by Gasteiger charge is 2.30. The Hall–Kier alpha value is -2.63. The zero-order chi connectivity index (χ0) is 18.5. The molecule has 1 N–H and O–H groups in total. The molecule has 0 spiro atoms. The molecule has 1 aromatic carbocycles. The van der Waals surface area contributed by atoms with Gasteiger partial charge in [-0.25, -0.2) is 0 Å². The summed E-state index contributed by atoms with van der Waals surface area (Å²) in [5.41, 5.74) is 2.47. The fourth-order valence-corrected chi connectivity index (χ4v) is 3.61. The number of benzene rings is 1. The van der Waals surface area contributed by atoms with Crippen LogP contribution < -0.4 is 0 Å². The van der Waals surface area contributed by atoms with Crippen molar-refractivity contribution in [1.82, 2.24) is 20.0 Å². The third kappa shape index (κ3) is 3.64. The normalized spacial score (nSPS) is 15.1. The molecule has 0 unspecified atom stereocenters. The summed E-state index contributed by atoms with van der Waals surface area (Å²) < 4.78 is 0. The molecule has 0 aliphatic carbocycles. The highest BCUT2D eigenvalue weighted by Crippen LogP contribution is 2.26. The van der Waals surface area contributed by atoms with E-state index in [4.69, 9.17) is 0 Å². The van der Waals surface area contributed by atoms with E-state index in [0.29, 0.717) is 18.7 Å². The Balaban J connectivity index is 1.69. The average Bonchev–Trinajstić information content (AvgIpc) is 3.23. The first-order chi connectivity index (χ1) is 12.7. The zero-order valence-corrected chi connectivity index (χ0v) is 15.4. The highest BCUT2D eigenvalue weighted by atomic mass is 16.2. The Labute approximate surface area is 154 Å². The van der Waals surface area contributed by atoms with Gasteiger partial charge in [-0.05, 0) is 38.3 Å². The lowest BCUT2D eigenvalue weighted by atomic mass is 9.94. The van der Waals surface area contributed by atoms with Crippen molar-refractivity contribution in [2.75, 3.05) is 26.2 Å². The van der Waals surface area contributed by atoms with Gasteiger partial charge in [0.25, 0.3) is 5.91 Å². The number of piperidine rings is 1. The van der Waals surface area contributed by atoms with E-state index >= 15 is 0 Å². The minimum Gasteiger partial charge on any atom is -0.343 e. The van der Waals surface area contributed by atoms with Crippen molar-refractivity contribution in [2.45, 2.75) is 26.7 Å². The van der Waals surface area contributed by atoms with Crippen molar-refractivity contribution in [3.05, 3.63) is 42.2 Å². The number of amides is 2. The van der Waals surface area contributed by atoms with Crippen LogP contribution in [-0.4, -0.2) is 58.0 Å². The minimum atomic E-state index is 0.0236. The maximum absolute atomic E-state index is 13.0. The molecule has 3 rings (SSSR count). The molecular weight excluding hydrogens is 328 g/mol. The molecule has 6 nitrogen and oxygen atoms in total. The summed E-state index contributed by atoms with van der Waals surface area (Å²) in [4.78, 5) is 29.3. The molecule has 6 heteroatoms. The minimum absolute atomic E-state index is 0.0236. The van der Waals surface area contributed by atoms with Crippen LogP contribution in [0.5, 0.6) is 0 Å². The SMILES string of the molecule is CCN(CC)C(=O)C1CCN(C(=O)c2ccccc2-c2cn[nH]c2)CC1. The van der Waals surface area contributed by atoms with Crippen LogP contribution in [0.1, 0.15) is 37.0 Å². The van der Waals surface area contributed by atoms with Gasteiger partial charge in [-0.3, -0.25) is 14.7 Å². The van der Waals surface area contributed by atoms with E-state index in [9.17, 15) is 9.59 Å². The first-order valence-corrected chi connectivity index (χ1v) is 9.31. The van der Waals surface area contributed by atoms with Crippen molar-refractivity contribution >= 4 is 11.8 Å². The van der Waals surface area contributed by atoms with Crippen molar-refractivity contribution in [3.63, 3.8) is 0 Å². The van der Waals surface area contributed by atoms with E-state index in [1.54, 1.807) is 12.4 Å². The van der Waals surface area contributed by atoms with Crippen LogP contribution in [0.2, 0.25) is 0 Å². The number of likely N-dealkylation sites (tertiary alicyclic amines) is 1. The fourth-order valence-electron chi connectivity index (χ4n) is 3.61. The van der Waals surface area contributed by atoms with Crippen LogP contribution in [0.4, 0.5) is 0 Å². The maximum Gasteiger partial charge on any atom is 0.254 e. The largest absolute Gasteiger partial charge is 0.343 e. The number of aromatic nitrogens is 2. The Morgan fingerprint density at radius 2 is 1.88 bits per heavy atom. The molecule has 138 valence electrons. The maximum atomic E-state index is 13.0. The van der Waals surface area contributed by atoms with E-state index < -0.39 is 0 Å². The van der Waals surface area contributed by atoms with Gasteiger partial charge in [-0.1, -0.05) is 18.2 Å². The summed E-state index contributed by atoms with van der Waals surface area (Å²) in [5.74, 6) is 0.277. The number of nitrogens with one attached hydrogen (secondary N) is 1. The quantitative estimate of drug-likeness (QED) is 0.898. The number of nitrogens with zero attached hydrogens (tertiary/aromatic N) is 3. The number of rotatable bonds is 5. The van der Waals surface area contributed by atoms with Crippen LogP contribution in [0.25, 0.3) is 11.1 Å². The van der Waals surface area contributed by atoms with Gasteiger partial charge in [0.2, 0.25) is 5.91 Å². The molecule has 1 fully saturated rings. The lowest BCUT2D eigenvalue weighted by Crippen LogP contribution is -2.44. The van der Waals surface area contributed by atoms with E-state index in [1.807, 2.05) is 47.9 Å². The number of hydrogen-bond donors (Lipinski definition) is 1. The summed E-state index contributed by atoms with van der Waals surface area (Å²) in [6.45, 7) is 6.74. The number of H-pyrrole nitrogens is 1.